The highest BCUT2D eigenvalue weighted by atomic mass is 32.1. The number of benzene rings is 1. The number of nitrogens with one attached hydrogen (secondary N) is 1. The molecule has 0 saturated heterocycles. The zero-order valence-electron chi connectivity index (χ0n) is 18.6. The van der Waals surface area contributed by atoms with Crippen LogP contribution >= 0.6 is 11.3 Å². The number of pyridine rings is 1. The Morgan fingerprint density at radius 1 is 1.28 bits per heavy atom. The van der Waals surface area contributed by atoms with Crippen LogP contribution in [0, 0.1) is 12.8 Å². The molecule has 4 rings (SSSR count). The van der Waals surface area contributed by atoms with E-state index in [0.29, 0.717) is 23.9 Å². The van der Waals surface area contributed by atoms with Crippen molar-refractivity contribution in [2.24, 2.45) is 5.92 Å². The van der Waals surface area contributed by atoms with E-state index in [-0.39, 0.29) is 18.4 Å². The molecule has 166 valence electrons. The van der Waals surface area contributed by atoms with Gasteiger partial charge in [0.05, 0.1) is 17.1 Å². The third-order valence-corrected chi connectivity index (χ3v) is 6.12. The zero-order valence-corrected chi connectivity index (χ0v) is 19.4. The minimum Gasteiger partial charge on any atom is -0.479 e. The van der Waals surface area contributed by atoms with Crippen molar-refractivity contribution in [3.63, 3.8) is 0 Å². The van der Waals surface area contributed by atoms with Gasteiger partial charge in [-0.3, -0.25) is 19.5 Å². The average Bonchev–Trinajstić information content (AvgIpc) is 3.17. The number of nitrogens with zero attached hydrogens (tertiary/aromatic N) is 3. The number of aryl methyl sites for hydroxylation is 1. The Hall–Kier alpha value is -3.26. The first-order valence-electron chi connectivity index (χ1n) is 10.6. The molecule has 0 fully saturated rings. The van der Waals surface area contributed by atoms with Gasteiger partial charge in [-0.1, -0.05) is 19.9 Å². The lowest BCUT2D eigenvalue weighted by molar-refractivity contribution is -0.128. The number of thiazole rings is 1. The molecule has 32 heavy (non-hydrogen) atoms. The minimum atomic E-state index is -0.650. The SMILES string of the molecule is Cc1sc(-c2ccccn2)nc1-c1ccc2c(c1)N(CC(=O)NCC(C)C)C(=O)C(C)O2. The normalized spacial score (nSPS) is 15.5. The number of carbonyl (C=O) groups is 2. The molecule has 1 unspecified atom stereocenters. The van der Waals surface area contributed by atoms with Gasteiger partial charge in [-0.2, -0.15) is 0 Å². The van der Waals surface area contributed by atoms with Crippen LogP contribution in [0.3, 0.4) is 0 Å². The summed E-state index contributed by atoms with van der Waals surface area (Å²) in [5, 5.41) is 3.72. The van der Waals surface area contributed by atoms with Crippen molar-refractivity contribution in [1.29, 1.82) is 0 Å². The van der Waals surface area contributed by atoms with Gasteiger partial charge in [0, 0.05) is 23.2 Å². The molecule has 0 radical (unpaired) electrons. The standard InChI is InChI=1S/C24H26N4O3S/c1-14(2)12-26-21(29)13-28-19-11-17(8-9-20(19)31-15(3)24(28)30)22-16(4)32-23(27-22)18-7-5-6-10-25-18/h5-11,14-15H,12-13H2,1-4H3,(H,26,29). The highest BCUT2D eigenvalue weighted by Crippen LogP contribution is 2.39. The molecule has 8 heteroatoms. The van der Waals surface area contributed by atoms with Crippen LogP contribution in [0.2, 0.25) is 0 Å². The number of fused-ring (bicyclic) bond motifs is 1. The van der Waals surface area contributed by atoms with Crippen molar-refractivity contribution in [2.75, 3.05) is 18.0 Å². The van der Waals surface area contributed by atoms with Gasteiger partial charge in [0.2, 0.25) is 5.91 Å². The maximum absolute atomic E-state index is 12.9. The van der Waals surface area contributed by atoms with E-state index in [1.807, 2.05) is 57.2 Å². The summed E-state index contributed by atoms with van der Waals surface area (Å²) >= 11 is 1.57. The van der Waals surface area contributed by atoms with Gasteiger partial charge < -0.3 is 10.1 Å². The van der Waals surface area contributed by atoms with E-state index in [9.17, 15) is 9.59 Å². The van der Waals surface area contributed by atoms with E-state index in [4.69, 9.17) is 9.72 Å². The molecule has 1 atom stereocenters. The number of aromatic nitrogens is 2. The molecule has 3 heterocycles. The molecular formula is C24H26N4O3S. The highest BCUT2D eigenvalue weighted by Gasteiger charge is 2.33. The average molecular weight is 451 g/mol. The third-order valence-electron chi connectivity index (χ3n) is 5.13. The maximum atomic E-state index is 12.9. The fraction of sp³-hybridized carbons (Fsp3) is 0.333. The van der Waals surface area contributed by atoms with Crippen LogP contribution in [0.25, 0.3) is 22.0 Å². The predicted molar refractivity (Wildman–Crippen MR) is 126 cm³/mol. The second-order valence-corrected chi connectivity index (χ2v) is 9.41. The Morgan fingerprint density at radius 2 is 2.09 bits per heavy atom. The molecule has 1 N–H and O–H groups in total. The van der Waals surface area contributed by atoms with Gasteiger partial charge in [0.15, 0.2) is 6.10 Å². The lowest BCUT2D eigenvalue weighted by atomic mass is 10.1. The summed E-state index contributed by atoms with van der Waals surface area (Å²) in [6.45, 7) is 8.28. The van der Waals surface area contributed by atoms with Crippen LogP contribution in [0.5, 0.6) is 5.75 Å². The van der Waals surface area contributed by atoms with Gasteiger partial charge in [-0.25, -0.2) is 4.98 Å². The summed E-state index contributed by atoms with van der Waals surface area (Å²) in [6.07, 6.45) is 1.10. The first-order chi connectivity index (χ1) is 15.3. The van der Waals surface area contributed by atoms with E-state index in [0.717, 1.165) is 26.8 Å². The van der Waals surface area contributed by atoms with Crippen molar-refractivity contribution >= 4 is 28.8 Å². The first-order valence-corrected chi connectivity index (χ1v) is 11.4. The number of carbonyl (C=O) groups excluding carboxylic acids is 2. The van der Waals surface area contributed by atoms with E-state index in [2.05, 4.69) is 10.3 Å². The van der Waals surface area contributed by atoms with E-state index < -0.39 is 6.10 Å². The Bertz CT molecular complexity index is 1140. The lowest BCUT2D eigenvalue weighted by Crippen LogP contribution is -2.49. The topological polar surface area (TPSA) is 84.4 Å². The Morgan fingerprint density at radius 3 is 2.81 bits per heavy atom. The summed E-state index contributed by atoms with van der Waals surface area (Å²) in [7, 11) is 0. The van der Waals surface area contributed by atoms with E-state index in [1.54, 1.807) is 24.5 Å². The molecule has 3 aromatic rings. The van der Waals surface area contributed by atoms with Gasteiger partial charge >= 0.3 is 0 Å². The van der Waals surface area contributed by atoms with Crippen molar-refractivity contribution in [2.45, 2.75) is 33.8 Å². The monoisotopic (exact) mass is 450 g/mol. The van der Waals surface area contributed by atoms with Crippen molar-refractivity contribution in [3.8, 4) is 27.7 Å². The smallest absolute Gasteiger partial charge is 0.268 e. The molecule has 0 spiro atoms. The molecule has 7 nitrogen and oxygen atoms in total. The van der Waals surface area contributed by atoms with Crippen molar-refractivity contribution in [3.05, 3.63) is 47.5 Å². The quantitative estimate of drug-likeness (QED) is 0.612. The van der Waals surface area contributed by atoms with Crippen LogP contribution in [-0.4, -0.2) is 41.0 Å². The Balaban J connectivity index is 1.67. The summed E-state index contributed by atoms with van der Waals surface area (Å²) < 4.78 is 5.80. The van der Waals surface area contributed by atoms with Crippen molar-refractivity contribution in [1.82, 2.24) is 15.3 Å². The van der Waals surface area contributed by atoms with Crippen LogP contribution in [-0.2, 0) is 9.59 Å². The van der Waals surface area contributed by atoms with Crippen LogP contribution in [0.1, 0.15) is 25.6 Å². The van der Waals surface area contributed by atoms with Crippen molar-refractivity contribution < 1.29 is 14.3 Å². The van der Waals surface area contributed by atoms with Crippen LogP contribution in [0.15, 0.2) is 42.6 Å². The molecule has 1 aliphatic rings. The summed E-state index contributed by atoms with van der Waals surface area (Å²) in [5.74, 6) is 0.478. The third kappa shape index (κ3) is 4.50. The molecule has 0 saturated carbocycles. The number of hydrogen-bond acceptors (Lipinski definition) is 6. The van der Waals surface area contributed by atoms with Gasteiger partial charge in [-0.05, 0) is 50.1 Å². The summed E-state index contributed by atoms with van der Waals surface area (Å²) in [6, 6.07) is 11.4. The summed E-state index contributed by atoms with van der Waals surface area (Å²) in [5.41, 5.74) is 3.09. The van der Waals surface area contributed by atoms with E-state index >= 15 is 0 Å². The molecule has 2 aromatic heterocycles. The van der Waals surface area contributed by atoms with Crippen LogP contribution in [0.4, 0.5) is 5.69 Å². The Labute approximate surface area is 191 Å². The fourth-order valence-electron chi connectivity index (χ4n) is 3.50. The first kappa shape index (κ1) is 22.0. The Kier molecular flexibility index (Phi) is 6.23. The number of amides is 2. The minimum absolute atomic E-state index is 0.0507. The lowest BCUT2D eigenvalue weighted by Gasteiger charge is -2.33. The van der Waals surface area contributed by atoms with Gasteiger partial charge in [0.25, 0.3) is 5.91 Å². The van der Waals surface area contributed by atoms with Gasteiger partial charge in [-0.15, -0.1) is 11.3 Å². The van der Waals surface area contributed by atoms with Gasteiger partial charge in [0.1, 0.15) is 17.3 Å². The molecule has 1 aromatic carbocycles. The maximum Gasteiger partial charge on any atom is 0.268 e. The largest absolute Gasteiger partial charge is 0.479 e. The summed E-state index contributed by atoms with van der Waals surface area (Å²) in [4.78, 5) is 37.1. The molecule has 0 aliphatic carbocycles. The highest BCUT2D eigenvalue weighted by molar-refractivity contribution is 7.15. The van der Waals surface area contributed by atoms with E-state index in [1.165, 1.54) is 4.90 Å². The zero-order chi connectivity index (χ0) is 22.8. The number of hydrogen-bond donors (Lipinski definition) is 1. The predicted octanol–water partition coefficient (Wildman–Crippen LogP) is 4.07. The number of rotatable bonds is 6. The number of anilines is 1. The number of ether oxygens (including phenoxy) is 1. The van der Waals surface area contributed by atoms with Crippen LogP contribution < -0.4 is 15.0 Å². The second-order valence-electron chi connectivity index (χ2n) is 8.20. The molecule has 1 aliphatic heterocycles. The second kappa shape index (κ2) is 9.08. The molecular weight excluding hydrogens is 424 g/mol. The molecule has 0 bridgehead atoms. The fourth-order valence-corrected chi connectivity index (χ4v) is 4.41. The molecule has 2 amide bonds.